The molecule has 4 nitrogen and oxygen atoms in total. The molecule has 122 valence electrons. The minimum atomic E-state index is -0.502. The lowest BCUT2D eigenvalue weighted by Crippen LogP contribution is -2.44. The molecule has 0 aromatic carbocycles. The molecule has 0 aliphatic carbocycles. The number of carbonyl (C=O) groups excluding carboxylic acids is 1. The Bertz CT molecular complexity index is 560. The summed E-state index contributed by atoms with van der Waals surface area (Å²) in [5.74, 6) is -0.221. The van der Waals surface area contributed by atoms with Crippen molar-refractivity contribution in [2.75, 3.05) is 13.1 Å². The van der Waals surface area contributed by atoms with Crippen LogP contribution < -0.4 is 0 Å². The summed E-state index contributed by atoms with van der Waals surface area (Å²) in [5, 5.41) is 0. The molecule has 2 heterocycles. The van der Waals surface area contributed by atoms with Crippen LogP contribution in [0.1, 0.15) is 45.6 Å². The van der Waals surface area contributed by atoms with Gasteiger partial charge in [0.1, 0.15) is 5.60 Å². The number of hydrogen-bond acceptors (Lipinski definition) is 3. The van der Waals surface area contributed by atoms with Gasteiger partial charge in [0, 0.05) is 29.3 Å². The fourth-order valence-corrected chi connectivity index (χ4v) is 3.15. The van der Waals surface area contributed by atoms with Crippen molar-refractivity contribution >= 4 is 22.0 Å². The summed E-state index contributed by atoms with van der Waals surface area (Å²) >= 11 is 3.34. The Balaban J connectivity index is 2.07. The predicted octanol–water partition coefficient (Wildman–Crippen LogP) is 4.34. The van der Waals surface area contributed by atoms with E-state index in [4.69, 9.17) is 4.74 Å². The van der Waals surface area contributed by atoms with Crippen LogP contribution in [0.15, 0.2) is 16.7 Å². The Hall–Kier alpha value is -1.17. The van der Waals surface area contributed by atoms with Crippen LogP contribution in [0.2, 0.25) is 0 Å². The SMILES string of the molecule is C[C@H]1CN(C(=O)OC(C)(C)C)CCC1c1cc(Br)cnc1F. The van der Waals surface area contributed by atoms with Crippen molar-refractivity contribution < 1.29 is 13.9 Å². The van der Waals surface area contributed by atoms with Gasteiger partial charge < -0.3 is 9.64 Å². The van der Waals surface area contributed by atoms with Crippen LogP contribution in [0.25, 0.3) is 0 Å². The third-order valence-corrected chi connectivity index (χ3v) is 4.22. The summed E-state index contributed by atoms with van der Waals surface area (Å²) in [7, 11) is 0. The van der Waals surface area contributed by atoms with Crippen molar-refractivity contribution in [3.8, 4) is 0 Å². The molecule has 2 rings (SSSR count). The molecule has 0 N–H and O–H groups in total. The lowest BCUT2D eigenvalue weighted by molar-refractivity contribution is 0.0154. The molecule has 1 aromatic heterocycles. The standard InChI is InChI=1S/C16H22BrFN2O2/c1-10-9-20(15(21)22-16(2,3)4)6-5-12(10)13-7-11(17)8-19-14(13)18/h7-8,10,12H,5-6,9H2,1-4H3/t10-,12?/m0/s1. The van der Waals surface area contributed by atoms with Gasteiger partial charge in [0.15, 0.2) is 0 Å². The predicted molar refractivity (Wildman–Crippen MR) is 86.2 cm³/mol. The summed E-state index contributed by atoms with van der Waals surface area (Å²) < 4.78 is 20.1. The number of likely N-dealkylation sites (tertiary alicyclic amines) is 1. The highest BCUT2D eigenvalue weighted by atomic mass is 79.9. The molecule has 1 amide bonds. The zero-order valence-electron chi connectivity index (χ0n) is 13.4. The van der Waals surface area contributed by atoms with E-state index in [0.29, 0.717) is 25.1 Å². The van der Waals surface area contributed by atoms with Crippen LogP contribution in [0, 0.1) is 11.9 Å². The smallest absolute Gasteiger partial charge is 0.410 e. The molecule has 1 fully saturated rings. The van der Waals surface area contributed by atoms with E-state index in [1.807, 2.05) is 27.7 Å². The first-order chi connectivity index (χ1) is 10.2. The van der Waals surface area contributed by atoms with Gasteiger partial charge in [-0.3, -0.25) is 0 Å². The first-order valence-electron chi connectivity index (χ1n) is 7.46. The number of halogens is 2. The number of ether oxygens (including phenoxy) is 1. The van der Waals surface area contributed by atoms with Crippen molar-refractivity contribution in [3.63, 3.8) is 0 Å². The lowest BCUT2D eigenvalue weighted by Gasteiger charge is -2.37. The Labute approximate surface area is 139 Å². The minimum absolute atomic E-state index is 0.0590. The van der Waals surface area contributed by atoms with E-state index in [-0.39, 0.29) is 17.9 Å². The number of amides is 1. The van der Waals surface area contributed by atoms with Crippen LogP contribution in [0.5, 0.6) is 0 Å². The Morgan fingerprint density at radius 1 is 1.50 bits per heavy atom. The Morgan fingerprint density at radius 2 is 2.18 bits per heavy atom. The molecule has 0 radical (unpaired) electrons. The second kappa shape index (κ2) is 6.52. The first-order valence-corrected chi connectivity index (χ1v) is 8.25. The molecule has 0 saturated carbocycles. The summed E-state index contributed by atoms with van der Waals surface area (Å²) in [6, 6.07) is 1.78. The zero-order valence-corrected chi connectivity index (χ0v) is 15.0. The molecule has 1 aliphatic heterocycles. The van der Waals surface area contributed by atoms with Gasteiger partial charge in [-0.2, -0.15) is 4.39 Å². The van der Waals surface area contributed by atoms with Crippen molar-refractivity contribution in [1.82, 2.24) is 9.88 Å². The highest BCUT2D eigenvalue weighted by molar-refractivity contribution is 9.10. The third kappa shape index (κ3) is 4.18. The van der Waals surface area contributed by atoms with E-state index in [1.165, 1.54) is 6.20 Å². The molecule has 1 aromatic rings. The normalized spacial score (nSPS) is 22.5. The average molecular weight is 373 g/mol. The number of hydrogen-bond donors (Lipinski definition) is 0. The number of piperidine rings is 1. The Kier molecular flexibility index (Phi) is 5.10. The average Bonchev–Trinajstić information content (AvgIpc) is 2.40. The third-order valence-electron chi connectivity index (χ3n) is 3.79. The van der Waals surface area contributed by atoms with Gasteiger partial charge in [-0.05, 0) is 61.0 Å². The highest BCUT2D eigenvalue weighted by Crippen LogP contribution is 2.35. The Morgan fingerprint density at radius 3 is 2.77 bits per heavy atom. The van der Waals surface area contributed by atoms with Gasteiger partial charge >= 0.3 is 6.09 Å². The van der Waals surface area contributed by atoms with Crippen LogP contribution in [-0.4, -0.2) is 34.7 Å². The maximum Gasteiger partial charge on any atom is 0.410 e. The van der Waals surface area contributed by atoms with E-state index in [1.54, 1.807) is 11.0 Å². The lowest BCUT2D eigenvalue weighted by atomic mass is 9.82. The van der Waals surface area contributed by atoms with E-state index in [2.05, 4.69) is 20.9 Å². The first kappa shape index (κ1) is 17.2. The van der Waals surface area contributed by atoms with Crippen LogP contribution in [0.4, 0.5) is 9.18 Å². The van der Waals surface area contributed by atoms with Gasteiger partial charge in [-0.1, -0.05) is 6.92 Å². The van der Waals surface area contributed by atoms with Crippen molar-refractivity contribution in [1.29, 1.82) is 0 Å². The van der Waals surface area contributed by atoms with Crippen LogP contribution in [-0.2, 0) is 4.74 Å². The van der Waals surface area contributed by atoms with E-state index in [0.717, 1.165) is 4.47 Å². The summed E-state index contributed by atoms with van der Waals surface area (Å²) in [5.41, 5.74) is 0.114. The van der Waals surface area contributed by atoms with Crippen LogP contribution >= 0.6 is 15.9 Å². The summed E-state index contributed by atoms with van der Waals surface area (Å²) in [6.07, 6.45) is 1.86. The minimum Gasteiger partial charge on any atom is -0.444 e. The largest absolute Gasteiger partial charge is 0.444 e. The topological polar surface area (TPSA) is 42.4 Å². The number of pyridine rings is 1. The van der Waals surface area contributed by atoms with Gasteiger partial charge in [0.25, 0.3) is 0 Å². The molecule has 1 saturated heterocycles. The van der Waals surface area contributed by atoms with Gasteiger partial charge in [0.05, 0.1) is 0 Å². The molecule has 22 heavy (non-hydrogen) atoms. The monoisotopic (exact) mass is 372 g/mol. The molecule has 0 spiro atoms. The number of rotatable bonds is 1. The number of nitrogens with zero attached hydrogens (tertiary/aromatic N) is 2. The number of aromatic nitrogens is 1. The van der Waals surface area contributed by atoms with E-state index < -0.39 is 11.5 Å². The fourth-order valence-electron chi connectivity index (χ4n) is 2.80. The summed E-state index contributed by atoms with van der Waals surface area (Å²) in [4.78, 5) is 17.6. The molecular formula is C16H22BrFN2O2. The maximum absolute atomic E-state index is 14.0. The highest BCUT2D eigenvalue weighted by Gasteiger charge is 2.33. The fraction of sp³-hybridized carbons (Fsp3) is 0.625. The molecule has 2 atom stereocenters. The van der Waals surface area contributed by atoms with E-state index in [9.17, 15) is 9.18 Å². The van der Waals surface area contributed by atoms with Gasteiger partial charge in [-0.15, -0.1) is 0 Å². The zero-order chi connectivity index (χ0) is 16.5. The van der Waals surface area contributed by atoms with Crippen molar-refractivity contribution in [3.05, 3.63) is 28.2 Å². The number of carbonyl (C=O) groups is 1. The molecule has 0 bridgehead atoms. The maximum atomic E-state index is 14.0. The quantitative estimate of drug-likeness (QED) is 0.688. The van der Waals surface area contributed by atoms with Crippen molar-refractivity contribution in [2.45, 2.75) is 45.6 Å². The molecular weight excluding hydrogens is 351 g/mol. The second-order valence-corrected chi connectivity index (χ2v) is 7.75. The molecule has 6 heteroatoms. The molecule has 1 aliphatic rings. The second-order valence-electron chi connectivity index (χ2n) is 6.83. The molecule has 1 unspecified atom stereocenters. The van der Waals surface area contributed by atoms with Crippen LogP contribution in [0.3, 0.4) is 0 Å². The van der Waals surface area contributed by atoms with Crippen molar-refractivity contribution in [2.24, 2.45) is 5.92 Å². The van der Waals surface area contributed by atoms with E-state index >= 15 is 0 Å². The summed E-state index contributed by atoms with van der Waals surface area (Å²) in [6.45, 7) is 8.71. The van der Waals surface area contributed by atoms with Gasteiger partial charge in [-0.25, -0.2) is 9.78 Å². The van der Waals surface area contributed by atoms with Gasteiger partial charge in [0.2, 0.25) is 5.95 Å².